The Kier molecular flexibility index (Phi) is 17.1. The van der Waals surface area contributed by atoms with Crippen LogP contribution in [0.4, 0.5) is 0 Å². The van der Waals surface area contributed by atoms with Crippen LogP contribution in [0.25, 0.3) is 0 Å². The lowest BCUT2D eigenvalue weighted by molar-refractivity contribution is -0.146. The van der Waals surface area contributed by atoms with Crippen LogP contribution in [0, 0.1) is 10.7 Å². The lowest BCUT2D eigenvalue weighted by Crippen LogP contribution is -2.54. The van der Waals surface area contributed by atoms with Crippen molar-refractivity contribution in [2.24, 2.45) is 0 Å². The molecule has 0 radical (unpaired) electrons. The van der Waals surface area contributed by atoms with Crippen LogP contribution in [0.3, 0.4) is 0 Å². The molecule has 0 bridgehead atoms. The second-order valence-corrected chi connectivity index (χ2v) is 12.2. The molecule has 0 aliphatic carbocycles. The molecule has 3 atom stereocenters. The lowest BCUT2D eigenvalue weighted by atomic mass is 9.92. The summed E-state index contributed by atoms with van der Waals surface area (Å²) in [6, 6.07) is 4.58. The summed E-state index contributed by atoms with van der Waals surface area (Å²) in [7, 11) is 0. The van der Waals surface area contributed by atoms with Crippen LogP contribution in [0.15, 0.2) is 29.2 Å². The third-order valence-corrected chi connectivity index (χ3v) is 8.40. The SMILES string of the molecule is CCCC(NC(CC(=O)O)C(=O)O)C(c1ccc(SC#N)cc1)N1CCN(CC(=O)O)CCN(CC(=O)O)CCN(CC(=O)O)CC1. The predicted molar refractivity (Wildman–Crippen MR) is 170 cm³/mol. The number of carboxylic acid groups (broad SMARTS) is 5. The Morgan fingerprint density at radius 3 is 1.57 bits per heavy atom. The van der Waals surface area contributed by atoms with E-state index in [1.54, 1.807) is 26.8 Å². The van der Waals surface area contributed by atoms with Crippen LogP contribution in [-0.4, -0.2) is 159 Å². The first-order chi connectivity index (χ1) is 22.3. The van der Waals surface area contributed by atoms with E-state index in [1.807, 2.05) is 29.4 Å². The van der Waals surface area contributed by atoms with Crippen molar-refractivity contribution in [1.29, 1.82) is 5.26 Å². The number of rotatable bonds is 17. The van der Waals surface area contributed by atoms with Crippen LogP contribution < -0.4 is 5.32 Å². The quantitative estimate of drug-likeness (QED) is 0.0968. The molecule has 1 aliphatic heterocycles. The summed E-state index contributed by atoms with van der Waals surface area (Å²) in [6.45, 7) is 2.95. The van der Waals surface area contributed by atoms with E-state index in [4.69, 9.17) is 5.26 Å². The number of nitrogens with one attached hydrogen (secondary N) is 1. The number of hydrogen-bond acceptors (Lipinski definition) is 12. The number of thiocyanates is 1. The molecule has 0 amide bonds. The van der Waals surface area contributed by atoms with E-state index in [-0.39, 0.29) is 72.0 Å². The minimum Gasteiger partial charge on any atom is -0.481 e. The van der Waals surface area contributed by atoms with Crippen molar-refractivity contribution in [2.45, 2.75) is 49.2 Å². The Morgan fingerprint density at radius 1 is 0.766 bits per heavy atom. The number of carbonyl (C=O) groups is 5. The average molecular weight is 681 g/mol. The first-order valence-corrected chi connectivity index (χ1v) is 16.1. The average Bonchev–Trinajstić information content (AvgIpc) is 2.98. The fraction of sp³-hybridized carbons (Fsp3) is 0.600. The van der Waals surface area contributed by atoms with Crippen LogP contribution >= 0.6 is 11.8 Å². The third kappa shape index (κ3) is 14.7. The maximum Gasteiger partial charge on any atom is 0.321 e. The summed E-state index contributed by atoms with van der Waals surface area (Å²) >= 11 is 0.971. The van der Waals surface area contributed by atoms with E-state index >= 15 is 0 Å². The number of nitrogens with zero attached hydrogens (tertiary/aromatic N) is 5. The fourth-order valence-electron chi connectivity index (χ4n) is 5.66. The maximum absolute atomic E-state index is 12.1. The molecule has 0 aromatic heterocycles. The molecule has 1 aliphatic rings. The summed E-state index contributed by atoms with van der Waals surface area (Å²) in [6.07, 6.45) is 0.395. The zero-order valence-electron chi connectivity index (χ0n) is 26.4. The van der Waals surface area contributed by atoms with Crippen molar-refractivity contribution in [2.75, 3.05) is 72.0 Å². The number of thioether (sulfide) groups is 1. The van der Waals surface area contributed by atoms with Gasteiger partial charge in [-0.3, -0.25) is 48.9 Å². The number of carboxylic acids is 5. The van der Waals surface area contributed by atoms with Gasteiger partial charge in [0.2, 0.25) is 0 Å². The minimum atomic E-state index is -1.40. The molecule has 0 saturated carbocycles. The first-order valence-electron chi connectivity index (χ1n) is 15.3. The van der Waals surface area contributed by atoms with Gasteiger partial charge in [-0.15, -0.1) is 0 Å². The van der Waals surface area contributed by atoms with Crippen LogP contribution in [0.5, 0.6) is 0 Å². The van der Waals surface area contributed by atoms with Gasteiger partial charge < -0.3 is 25.5 Å². The van der Waals surface area contributed by atoms with Gasteiger partial charge in [-0.25, -0.2) is 0 Å². The van der Waals surface area contributed by atoms with Gasteiger partial charge in [0.1, 0.15) is 11.4 Å². The zero-order chi connectivity index (χ0) is 34.9. The smallest absolute Gasteiger partial charge is 0.321 e. The zero-order valence-corrected chi connectivity index (χ0v) is 27.2. The molecule has 0 spiro atoms. The molecule has 47 heavy (non-hydrogen) atoms. The van der Waals surface area contributed by atoms with Gasteiger partial charge in [0.25, 0.3) is 0 Å². The van der Waals surface area contributed by atoms with Gasteiger partial charge in [0.15, 0.2) is 0 Å². The highest BCUT2D eigenvalue weighted by atomic mass is 32.2. The third-order valence-electron chi connectivity index (χ3n) is 7.80. The van der Waals surface area contributed by atoms with Crippen molar-refractivity contribution >= 4 is 41.6 Å². The van der Waals surface area contributed by atoms with Gasteiger partial charge >= 0.3 is 29.8 Å². The molecule has 3 unspecified atom stereocenters. The molecule has 1 heterocycles. The molecule has 1 aromatic rings. The summed E-state index contributed by atoms with van der Waals surface area (Å²) in [5.74, 6) is -5.80. The first kappa shape index (κ1) is 39.4. The topological polar surface area (TPSA) is 235 Å². The van der Waals surface area contributed by atoms with Gasteiger partial charge in [-0.2, -0.15) is 5.26 Å². The van der Waals surface area contributed by atoms with E-state index in [0.717, 1.165) is 17.3 Å². The molecular weight excluding hydrogens is 636 g/mol. The fourth-order valence-corrected chi connectivity index (χ4v) is 6.03. The number of nitriles is 1. The van der Waals surface area contributed by atoms with Crippen molar-refractivity contribution in [3.05, 3.63) is 29.8 Å². The lowest BCUT2D eigenvalue weighted by Gasteiger charge is -2.41. The second-order valence-electron chi connectivity index (χ2n) is 11.3. The molecule has 1 fully saturated rings. The van der Waals surface area contributed by atoms with Crippen LogP contribution in [0.1, 0.15) is 37.8 Å². The number of aliphatic carboxylic acids is 5. The Bertz CT molecular complexity index is 1210. The van der Waals surface area contributed by atoms with Crippen LogP contribution in [-0.2, 0) is 24.0 Å². The van der Waals surface area contributed by atoms with Crippen molar-refractivity contribution < 1.29 is 49.5 Å². The molecular formula is C30H44N6O10S. The Hall–Kier alpha value is -3.79. The van der Waals surface area contributed by atoms with E-state index < -0.39 is 54.4 Å². The van der Waals surface area contributed by atoms with E-state index in [2.05, 4.69) is 5.32 Å². The van der Waals surface area contributed by atoms with Gasteiger partial charge in [0.05, 0.1) is 32.1 Å². The van der Waals surface area contributed by atoms with E-state index in [0.29, 0.717) is 17.7 Å². The summed E-state index contributed by atoms with van der Waals surface area (Å²) < 4.78 is 0. The van der Waals surface area contributed by atoms with Crippen molar-refractivity contribution in [3.8, 4) is 5.40 Å². The van der Waals surface area contributed by atoms with Gasteiger partial charge in [0, 0.05) is 63.3 Å². The monoisotopic (exact) mass is 680 g/mol. The Balaban J connectivity index is 2.61. The van der Waals surface area contributed by atoms with Gasteiger partial charge in [-0.05, 0) is 35.9 Å². The number of benzene rings is 1. The summed E-state index contributed by atoms with van der Waals surface area (Å²) in [5.41, 5.74) is 0.743. The highest BCUT2D eigenvalue weighted by Crippen LogP contribution is 2.30. The molecule has 16 nitrogen and oxygen atoms in total. The largest absolute Gasteiger partial charge is 0.481 e. The molecule has 17 heteroatoms. The van der Waals surface area contributed by atoms with E-state index in [1.165, 1.54) is 0 Å². The number of hydrogen-bond donors (Lipinski definition) is 6. The van der Waals surface area contributed by atoms with Gasteiger partial charge in [-0.1, -0.05) is 25.5 Å². The maximum atomic E-state index is 12.1. The van der Waals surface area contributed by atoms with E-state index in [9.17, 15) is 49.5 Å². The predicted octanol–water partition coefficient (Wildman–Crippen LogP) is 0.462. The summed E-state index contributed by atoms with van der Waals surface area (Å²) in [5, 5.41) is 62.2. The highest BCUT2D eigenvalue weighted by molar-refractivity contribution is 8.03. The second kappa shape index (κ2) is 20.4. The Morgan fingerprint density at radius 2 is 1.21 bits per heavy atom. The normalized spacial score (nSPS) is 18.1. The summed E-state index contributed by atoms with van der Waals surface area (Å²) in [4.78, 5) is 66.5. The molecule has 6 N–H and O–H groups in total. The molecule has 1 aromatic carbocycles. The Labute approximate surface area is 277 Å². The van der Waals surface area contributed by atoms with Crippen molar-refractivity contribution in [1.82, 2.24) is 24.9 Å². The molecule has 2 rings (SSSR count). The molecule has 260 valence electrons. The molecule has 1 saturated heterocycles. The standard InChI is InChI=1S/C30H44N6O10S/c1-2-3-23(32-24(30(45)46)16-25(37)38)29(21-4-6-22(7-5-21)47-20-31)36-14-12-34(18-27(41)42)10-8-33(17-26(39)40)9-11-35(13-15-36)19-28(43)44/h4-7,23-24,29,32H,2-3,8-19H2,1H3,(H,37,38)(H,39,40)(H,41,42)(H,43,44)(H,45,46). The highest BCUT2D eigenvalue weighted by Gasteiger charge is 2.34. The van der Waals surface area contributed by atoms with Crippen molar-refractivity contribution in [3.63, 3.8) is 0 Å². The van der Waals surface area contributed by atoms with Crippen LogP contribution in [0.2, 0.25) is 0 Å². The minimum absolute atomic E-state index is 0.230.